The molecule has 2 unspecified atom stereocenters. The fraction of sp³-hybridized carbons (Fsp3) is 0.444. The molecule has 1 aromatic carbocycles. The molecule has 7 nitrogen and oxygen atoms in total. The average molecular weight is 531 g/mol. The zero-order valence-electron chi connectivity index (χ0n) is 20.2. The van der Waals surface area contributed by atoms with Crippen LogP contribution in [-0.2, 0) is 9.59 Å². The molecule has 0 saturated heterocycles. The summed E-state index contributed by atoms with van der Waals surface area (Å²) in [6, 6.07) is 6.95. The number of thioether (sulfide) groups is 1. The van der Waals surface area contributed by atoms with E-state index in [1.54, 1.807) is 24.3 Å². The molecule has 192 valence electrons. The van der Waals surface area contributed by atoms with Gasteiger partial charge in [-0.1, -0.05) is 35.9 Å². The fourth-order valence-electron chi connectivity index (χ4n) is 4.69. The highest BCUT2D eigenvalue weighted by Gasteiger charge is 2.44. The SMILES string of the molecule is CC12C=CC=CC1C(Cl)=C(C(=O)NCCCNC(=O)c1ccc(OC3CCC(C(=O)O)CC3)cc1)S2. The van der Waals surface area contributed by atoms with Gasteiger partial charge in [0, 0.05) is 34.4 Å². The number of allylic oxidation sites excluding steroid dienone is 4. The molecule has 0 spiro atoms. The first-order valence-corrected chi connectivity index (χ1v) is 13.5. The van der Waals surface area contributed by atoms with E-state index >= 15 is 0 Å². The monoisotopic (exact) mass is 530 g/mol. The first-order chi connectivity index (χ1) is 17.3. The molecular formula is C27H31ClN2O5S. The van der Waals surface area contributed by atoms with Gasteiger partial charge in [-0.2, -0.15) is 0 Å². The number of halogens is 1. The Morgan fingerprint density at radius 2 is 1.72 bits per heavy atom. The third-order valence-corrected chi connectivity index (χ3v) is 8.82. The van der Waals surface area contributed by atoms with Gasteiger partial charge in [-0.3, -0.25) is 14.4 Å². The lowest BCUT2D eigenvalue weighted by molar-refractivity contribution is -0.143. The molecule has 2 atom stereocenters. The smallest absolute Gasteiger partial charge is 0.306 e. The van der Waals surface area contributed by atoms with Crippen LogP contribution in [0.25, 0.3) is 0 Å². The molecule has 1 aliphatic heterocycles. The minimum absolute atomic E-state index is 0.00334. The van der Waals surface area contributed by atoms with Crippen molar-refractivity contribution < 1.29 is 24.2 Å². The average Bonchev–Trinajstić information content (AvgIpc) is 3.15. The number of carbonyl (C=O) groups excluding carboxylic acids is 2. The van der Waals surface area contributed by atoms with Crippen molar-refractivity contribution in [2.75, 3.05) is 13.1 Å². The molecule has 2 aliphatic carbocycles. The summed E-state index contributed by atoms with van der Waals surface area (Å²) in [5, 5.41) is 15.4. The Hall–Kier alpha value is -2.71. The molecule has 0 aromatic heterocycles. The number of amides is 2. The van der Waals surface area contributed by atoms with Crippen molar-refractivity contribution in [2.45, 2.75) is 49.9 Å². The number of benzene rings is 1. The van der Waals surface area contributed by atoms with E-state index < -0.39 is 5.97 Å². The highest BCUT2D eigenvalue weighted by Crippen LogP contribution is 2.54. The van der Waals surface area contributed by atoms with Crippen LogP contribution >= 0.6 is 23.4 Å². The van der Waals surface area contributed by atoms with E-state index in [0.717, 1.165) is 0 Å². The first-order valence-electron chi connectivity index (χ1n) is 12.3. The number of carbonyl (C=O) groups is 3. The van der Waals surface area contributed by atoms with Gasteiger partial charge in [0.2, 0.25) is 0 Å². The molecule has 36 heavy (non-hydrogen) atoms. The fourth-order valence-corrected chi connectivity index (χ4v) is 6.56. The highest BCUT2D eigenvalue weighted by atomic mass is 35.5. The maximum absolute atomic E-state index is 12.6. The number of rotatable bonds is 9. The summed E-state index contributed by atoms with van der Waals surface area (Å²) in [7, 11) is 0. The van der Waals surface area contributed by atoms with E-state index in [-0.39, 0.29) is 34.5 Å². The Kier molecular flexibility index (Phi) is 8.46. The number of hydrogen-bond acceptors (Lipinski definition) is 5. The van der Waals surface area contributed by atoms with Crippen LogP contribution in [0.4, 0.5) is 0 Å². The predicted molar refractivity (Wildman–Crippen MR) is 141 cm³/mol. The summed E-state index contributed by atoms with van der Waals surface area (Å²) >= 11 is 7.98. The molecule has 3 N–H and O–H groups in total. The number of carboxylic acids is 1. The minimum atomic E-state index is -0.733. The topological polar surface area (TPSA) is 105 Å². The molecule has 1 saturated carbocycles. The summed E-state index contributed by atoms with van der Waals surface area (Å²) in [6.07, 6.45) is 11.3. The molecule has 0 bridgehead atoms. The van der Waals surface area contributed by atoms with Gasteiger partial charge < -0.3 is 20.5 Å². The Balaban J connectivity index is 1.15. The molecule has 1 heterocycles. The Morgan fingerprint density at radius 3 is 2.36 bits per heavy atom. The Morgan fingerprint density at radius 1 is 1.06 bits per heavy atom. The van der Waals surface area contributed by atoms with Gasteiger partial charge in [-0.15, -0.1) is 11.8 Å². The van der Waals surface area contributed by atoms with E-state index in [4.69, 9.17) is 21.4 Å². The number of hydrogen-bond donors (Lipinski definition) is 3. The highest BCUT2D eigenvalue weighted by molar-refractivity contribution is 8.05. The van der Waals surface area contributed by atoms with E-state index in [1.165, 1.54) is 11.8 Å². The summed E-state index contributed by atoms with van der Waals surface area (Å²) in [5.74, 6) is -0.696. The number of fused-ring (bicyclic) bond motifs is 1. The van der Waals surface area contributed by atoms with Crippen LogP contribution < -0.4 is 15.4 Å². The van der Waals surface area contributed by atoms with Crippen molar-refractivity contribution in [3.63, 3.8) is 0 Å². The van der Waals surface area contributed by atoms with Crippen molar-refractivity contribution in [3.8, 4) is 5.75 Å². The van der Waals surface area contributed by atoms with Crippen LogP contribution in [0.1, 0.15) is 49.4 Å². The summed E-state index contributed by atoms with van der Waals surface area (Å²) in [5.41, 5.74) is 0.525. The molecule has 3 aliphatic rings. The van der Waals surface area contributed by atoms with Crippen LogP contribution in [0.2, 0.25) is 0 Å². The van der Waals surface area contributed by atoms with Crippen molar-refractivity contribution >= 4 is 41.1 Å². The predicted octanol–water partition coefficient (Wildman–Crippen LogP) is 4.64. The molecule has 4 rings (SSSR count). The Labute approximate surface area is 220 Å². The number of ether oxygens (including phenoxy) is 1. The van der Waals surface area contributed by atoms with Crippen LogP contribution in [0, 0.1) is 11.8 Å². The van der Waals surface area contributed by atoms with E-state index in [9.17, 15) is 14.4 Å². The summed E-state index contributed by atoms with van der Waals surface area (Å²) in [4.78, 5) is 36.7. The molecule has 1 aromatic rings. The quantitative estimate of drug-likeness (QED) is 0.402. The van der Waals surface area contributed by atoms with Crippen molar-refractivity contribution in [1.82, 2.24) is 10.6 Å². The molecule has 9 heteroatoms. The van der Waals surface area contributed by atoms with E-state index in [2.05, 4.69) is 23.6 Å². The zero-order chi connectivity index (χ0) is 25.7. The summed E-state index contributed by atoms with van der Waals surface area (Å²) in [6.45, 7) is 2.93. The molecule has 0 radical (unpaired) electrons. The molecule has 1 fully saturated rings. The number of carboxylic acid groups (broad SMARTS) is 1. The second-order valence-electron chi connectivity index (χ2n) is 9.50. The van der Waals surface area contributed by atoms with E-state index in [0.29, 0.717) is 66.4 Å². The standard InChI is InChI=1S/C27H31ClN2O5S/c1-27-14-3-2-5-21(27)22(28)23(36-27)25(32)30-16-4-15-29-24(31)17-6-10-19(11-7-17)35-20-12-8-18(9-13-20)26(33)34/h2-3,5-7,10-11,14,18,20-21H,4,8-9,12-13,15-16H2,1H3,(H,29,31)(H,30,32)(H,33,34). The second kappa shape index (κ2) is 11.6. The van der Waals surface area contributed by atoms with Gasteiger partial charge in [-0.25, -0.2) is 0 Å². The minimum Gasteiger partial charge on any atom is -0.490 e. The van der Waals surface area contributed by atoms with Gasteiger partial charge in [0.1, 0.15) is 5.75 Å². The maximum atomic E-state index is 12.6. The summed E-state index contributed by atoms with van der Waals surface area (Å²) < 4.78 is 5.72. The van der Waals surface area contributed by atoms with E-state index in [1.807, 2.05) is 18.2 Å². The molecule has 2 amide bonds. The lowest BCUT2D eigenvalue weighted by Crippen LogP contribution is -2.30. The van der Waals surface area contributed by atoms with Crippen LogP contribution in [0.5, 0.6) is 5.75 Å². The number of aliphatic carboxylic acids is 1. The second-order valence-corrected chi connectivity index (χ2v) is 11.4. The van der Waals surface area contributed by atoms with Gasteiger partial charge in [0.05, 0.1) is 16.9 Å². The van der Waals surface area contributed by atoms with Crippen LogP contribution in [-0.4, -0.2) is 46.8 Å². The van der Waals surface area contributed by atoms with Gasteiger partial charge in [-0.05, 0) is 63.3 Å². The lowest BCUT2D eigenvalue weighted by atomic mass is 9.87. The van der Waals surface area contributed by atoms with Crippen molar-refractivity contribution in [3.05, 3.63) is 64.1 Å². The lowest BCUT2D eigenvalue weighted by Gasteiger charge is -2.27. The third-order valence-electron chi connectivity index (χ3n) is 6.84. The van der Waals surface area contributed by atoms with Crippen LogP contribution in [0.3, 0.4) is 0 Å². The maximum Gasteiger partial charge on any atom is 0.306 e. The van der Waals surface area contributed by atoms with Gasteiger partial charge in [0.15, 0.2) is 0 Å². The zero-order valence-corrected chi connectivity index (χ0v) is 21.7. The molecular weight excluding hydrogens is 500 g/mol. The Bertz CT molecular complexity index is 1090. The van der Waals surface area contributed by atoms with Gasteiger partial charge in [0.25, 0.3) is 11.8 Å². The number of nitrogens with one attached hydrogen (secondary N) is 2. The largest absolute Gasteiger partial charge is 0.490 e. The normalized spacial score (nSPS) is 26.9. The van der Waals surface area contributed by atoms with Gasteiger partial charge >= 0.3 is 5.97 Å². The van der Waals surface area contributed by atoms with Crippen LogP contribution in [0.15, 0.2) is 58.5 Å². The van der Waals surface area contributed by atoms with Crippen molar-refractivity contribution in [1.29, 1.82) is 0 Å². The third kappa shape index (κ3) is 6.16. The first kappa shape index (κ1) is 26.4. The van der Waals surface area contributed by atoms with Crippen molar-refractivity contribution in [2.24, 2.45) is 11.8 Å².